The molecule has 212 valence electrons. The standard InChI is InChI=1S/C27H28F3N5O5/c1-16-3-4-20(32-25(37)35-8-6-19(15-35)27(28,29)30)14-21(16)18-11-22(33-24(13-18)40-10-9-36)17-5-7-31-23(12-17)34-26(38)39-2/h3-5,7,11-14,19,36H,6,8-10,15H2,1-2H3,(H,32,37)(H,31,34,38). The van der Waals surface area contributed by atoms with E-state index in [1.54, 1.807) is 42.5 Å². The molecule has 1 saturated heterocycles. The minimum absolute atomic E-state index is 0.00518. The van der Waals surface area contributed by atoms with Crippen LogP contribution in [0.5, 0.6) is 5.88 Å². The number of aromatic nitrogens is 2. The summed E-state index contributed by atoms with van der Waals surface area (Å²) in [4.78, 5) is 34.1. The monoisotopic (exact) mass is 559 g/mol. The van der Waals surface area contributed by atoms with Gasteiger partial charge in [0.25, 0.3) is 0 Å². The van der Waals surface area contributed by atoms with E-state index in [2.05, 4.69) is 25.3 Å². The zero-order valence-electron chi connectivity index (χ0n) is 21.8. The maximum absolute atomic E-state index is 13.1. The summed E-state index contributed by atoms with van der Waals surface area (Å²) < 4.78 is 49.4. The van der Waals surface area contributed by atoms with Crippen LogP contribution in [-0.4, -0.2) is 71.7 Å². The molecule has 0 spiro atoms. The van der Waals surface area contributed by atoms with E-state index in [0.717, 1.165) is 10.5 Å². The molecule has 1 aliphatic heterocycles. The number of anilines is 2. The number of methoxy groups -OCH3 is 1. The summed E-state index contributed by atoms with van der Waals surface area (Å²) in [5, 5.41) is 14.4. The smallest absolute Gasteiger partial charge is 0.412 e. The zero-order valence-corrected chi connectivity index (χ0v) is 21.8. The minimum atomic E-state index is -4.34. The van der Waals surface area contributed by atoms with Gasteiger partial charge in [-0.2, -0.15) is 13.2 Å². The van der Waals surface area contributed by atoms with Crippen molar-refractivity contribution in [3.8, 4) is 28.3 Å². The van der Waals surface area contributed by atoms with Crippen molar-refractivity contribution in [3.63, 3.8) is 0 Å². The first-order valence-corrected chi connectivity index (χ1v) is 12.4. The van der Waals surface area contributed by atoms with E-state index in [-0.39, 0.29) is 44.4 Å². The number of pyridine rings is 2. The average Bonchev–Trinajstić information content (AvgIpc) is 3.44. The van der Waals surface area contributed by atoms with Gasteiger partial charge in [-0.3, -0.25) is 5.32 Å². The SMILES string of the molecule is COC(=O)Nc1cc(-c2cc(-c3cc(NC(=O)N4CCC(C(F)(F)F)C4)ccc3C)cc(OCCO)n2)ccn1. The predicted molar refractivity (Wildman–Crippen MR) is 141 cm³/mol. The van der Waals surface area contributed by atoms with E-state index in [9.17, 15) is 27.9 Å². The number of carbonyl (C=O) groups is 2. The first-order valence-electron chi connectivity index (χ1n) is 12.4. The summed E-state index contributed by atoms with van der Waals surface area (Å²) in [6.45, 7) is 1.29. The molecule has 1 unspecified atom stereocenters. The normalized spacial score (nSPS) is 15.1. The maximum Gasteiger partial charge on any atom is 0.412 e. The van der Waals surface area contributed by atoms with E-state index in [0.29, 0.717) is 28.1 Å². The molecular formula is C27H28F3N5O5. The first-order chi connectivity index (χ1) is 19.1. The van der Waals surface area contributed by atoms with Gasteiger partial charge in [-0.05, 0) is 60.4 Å². The van der Waals surface area contributed by atoms with Gasteiger partial charge in [0.2, 0.25) is 5.88 Å². The molecule has 3 N–H and O–H groups in total. The topological polar surface area (TPSA) is 126 Å². The lowest BCUT2D eigenvalue weighted by Gasteiger charge is -2.19. The Morgan fingerprint density at radius 1 is 1.12 bits per heavy atom. The average molecular weight is 560 g/mol. The Morgan fingerprint density at radius 3 is 2.62 bits per heavy atom. The Hall–Kier alpha value is -4.39. The van der Waals surface area contributed by atoms with Gasteiger partial charge in [0.05, 0.1) is 25.3 Å². The van der Waals surface area contributed by atoms with Gasteiger partial charge in [-0.25, -0.2) is 19.6 Å². The predicted octanol–water partition coefficient (Wildman–Crippen LogP) is 5.08. The van der Waals surface area contributed by atoms with Crippen LogP contribution in [0, 0.1) is 12.8 Å². The Balaban J connectivity index is 1.64. The molecule has 2 aromatic heterocycles. The van der Waals surface area contributed by atoms with Gasteiger partial charge in [-0.15, -0.1) is 0 Å². The van der Waals surface area contributed by atoms with Crippen LogP contribution in [-0.2, 0) is 4.74 Å². The number of aliphatic hydroxyl groups excluding tert-OH is 1. The largest absolute Gasteiger partial charge is 0.475 e. The van der Waals surface area contributed by atoms with Crippen LogP contribution in [0.15, 0.2) is 48.7 Å². The fourth-order valence-electron chi connectivity index (χ4n) is 4.27. The van der Waals surface area contributed by atoms with Crippen LogP contribution in [0.2, 0.25) is 0 Å². The highest BCUT2D eigenvalue weighted by Gasteiger charge is 2.44. The van der Waals surface area contributed by atoms with Crippen LogP contribution < -0.4 is 15.4 Å². The van der Waals surface area contributed by atoms with Crippen LogP contribution in [0.3, 0.4) is 0 Å². The van der Waals surface area contributed by atoms with E-state index >= 15 is 0 Å². The van der Waals surface area contributed by atoms with Crippen molar-refractivity contribution in [1.82, 2.24) is 14.9 Å². The number of urea groups is 1. The molecule has 10 nitrogen and oxygen atoms in total. The fourth-order valence-corrected chi connectivity index (χ4v) is 4.27. The fraction of sp³-hybridized carbons (Fsp3) is 0.333. The van der Waals surface area contributed by atoms with Crippen molar-refractivity contribution in [2.75, 3.05) is 44.0 Å². The van der Waals surface area contributed by atoms with Crippen molar-refractivity contribution in [2.24, 2.45) is 5.92 Å². The van der Waals surface area contributed by atoms with E-state index in [1.807, 2.05) is 6.92 Å². The van der Waals surface area contributed by atoms with Crippen LogP contribution in [0.1, 0.15) is 12.0 Å². The van der Waals surface area contributed by atoms with Crippen LogP contribution in [0.4, 0.5) is 34.3 Å². The zero-order chi connectivity index (χ0) is 28.9. The molecule has 3 heterocycles. The number of halogens is 3. The number of hydrogen-bond donors (Lipinski definition) is 3. The molecule has 0 radical (unpaired) electrons. The van der Waals surface area contributed by atoms with Gasteiger partial charge in [-0.1, -0.05) is 6.07 Å². The van der Waals surface area contributed by atoms with Crippen molar-refractivity contribution in [3.05, 3.63) is 54.2 Å². The van der Waals surface area contributed by atoms with Crippen LogP contribution in [0.25, 0.3) is 22.4 Å². The number of likely N-dealkylation sites (tertiary alicyclic amines) is 1. The van der Waals surface area contributed by atoms with Gasteiger partial charge in [0, 0.05) is 36.6 Å². The molecule has 4 rings (SSSR count). The second kappa shape index (κ2) is 12.2. The second-order valence-electron chi connectivity index (χ2n) is 9.13. The van der Waals surface area contributed by atoms with Crippen LogP contribution >= 0.6 is 0 Å². The molecule has 0 aliphatic carbocycles. The van der Waals surface area contributed by atoms with E-state index in [4.69, 9.17) is 4.74 Å². The number of benzene rings is 1. The highest BCUT2D eigenvalue weighted by Crippen LogP contribution is 2.35. The Bertz CT molecular complexity index is 1380. The highest BCUT2D eigenvalue weighted by atomic mass is 19.4. The molecule has 40 heavy (non-hydrogen) atoms. The second-order valence-corrected chi connectivity index (χ2v) is 9.13. The van der Waals surface area contributed by atoms with Crippen molar-refractivity contribution in [2.45, 2.75) is 19.5 Å². The van der Waals surface area contributed by atoms with Gasteiger partial charge in [0.1, 0.15) is 12.4 Å². The number of aliphatic hydroxyl groups is 1. The number of aryl methyl sites for hydroxylation is 1. The number of carbonyl (C=O) groups excluding carboxylic acids is 2. The maximum atomic E-state index is 13.1. The number of nitrogens with zero attached hydrogens (tertiary/aromatic N) is 3. The Kier molecular flexibility index (Phi) is 8.73. The molecule has 1 atom stereocenters. The molecule has 1 fully saturated rings. The summed E-state index contributed by atoms with van der Waals surface area (Å²) in [6, 6.07) is 11.3. The molecule has 0 bridgehead atoms. The molecular weight excluding hydrogens is 531 g/mol. The van der Waals surface area contributed by atoms with Gasteiger partial charge < -0.3 is 24.8 Å². The molecule has 1 aromatic carbocycles. The summed E-state index contributed by atoms with van der Waals surface area (Å²) in [7, 11) is 1.23. The number of amides is 3. The first kappa shape index (κ1) is 28.6. The van der Waals surface area contributed by atoms with Crippen molar-refractivity contribution < 1.29 is 37.3 Å². The number of nitrogens with one attached hydrogen (secondary N) is 2. The number of ether oxygens (including phenoxy) is 2. The summed E-state index contributed by atoms with van der Waals surface area (Å²) in [6.07, 6.45) is -3.66. The third-order valence-electron chi connectivity index (χ3n) is 6.35. The lowest BCUT2D eigenvalue weighted by Crippen LogP contribution is -2.35. The Labute approximate surface area is 228 Å². The Morgan fingerprint density at radius 2 is 1.93 bits per heavy atom. The van der Waals surface area contributed by atoms with E-state index < -0.39 is 24.2 Å². The van der Waals surface area contributed by atoms with Crippen molar-refractivity contribution in [1.29, 1.82) is 0 Å². The summed E-state index contributed by atoms with van der Waals surface area (Å²) in [5.74, 6) is -1.06. The number of alkyl halides is 3. The highest BCUT2D eigenvalue weighted by molar-refractivity contribution is 5.91. The number of hydrogen-bond acceptors (Lipinski definition) is 7. The lowest BCUT2D eigenvalue weighted by atomic mass is 9.98. The third-order valence-corrected chi connectivity index (χ3v) is 6.35. The minimum Gasteiger partial charge on any atom is -0.475 e. The molecule has 13 heteroatoms. The van der Waals surface area contributed by atoms with Gasteiger partial charge >= 0.3 is 18.3 Å². The summed E-state index contributed by atoms with van der Waals surface area (Å²) >= 11 is 0. The third kappa shape index (κ3) is 6.97. The quantitative estimate of drug-likeness (QED) is 0.368. The molecule has 3 aromatic rings. The van der Waals surface area contributed by atoms with E-state index in [1.165, 1.54) is 13.3 Å². The summed E-state index contributed by atoms with van der Waals surface area (Å²) in [5.41, 5.74) is 3.73. The lowest BCUT2D eigenvalue weighted by molar-refractivity contribution is -0.169. The van der Waals surface area contributed by atoms with Crippen molar-refractivity contribution >= 4 is 23.6 Å². The number of rotatable bonds is 7. The van der Waals surface area contributed by atoms with Gasteiger partial charge in [0.15, 0.2) is 0 Å². The molecule has 0 saturated carbocycles. The molecule has 1 aliphatic rings. The molecule has 3 amide bonds.